The Balaban J connectivity index is 2.18. The lowest BCUT2D eigenvalue weighted by Crippen LogP contribution is -2.13. The Morgan fingerprint density at radius 2 is 2.05 bits per heavy atom. The second-order valence-electron chi connectivity index (χ2n) is 4.48. The highest BCUT2D eigenvalue weighted by atomic mass is 32.2. The fourth-order valence-corrected chi connectivity index (χ4v) is 2.33. The molecule has 0 radical (unpaired) electrons. The predicted octanol–water partition coefficient (Wildman–Crippen LogP) is 3.29. The van der Waals surface area contributed by atoms with E-state index < -0.39 is 5.82 Å². The molecular formula is C14H17FN4OS. The monoisotopic (exact) mass is 308 g/mol. The molecule has 0 fully saturated rings. The van der Waals surface area contributed by atoms with Gasteiger partial charge in [-0.15, -0.1) is 0 Å². The van der Waals surface area contributed by atoms with Gasteiger partial charge in [-0.1, -0.05) is 11.9 Å². The molecule has 7 heteroatoms. The summed E-state index contributed by atoms with van der Waals surface area (Å²) in [5.41, 5.74) is 2.21. The average Bonchev–Trinajstić information content (AvgIpc) is 2.80. The van der Waals surface area contributed by atoms with Crippen LogP contribution in [0.1, 0.15) is 23.1 Å². The molecular weight excluding hydrogens is 291 g/mol. The summed E-state index contributed by atoms with van der Waals surface area (Å²) in [4.78, 5) is 12.1. The van der Waals surface area contributed by atoms with Gasteiger partial charge in [-0.3, -0.25) is 9.48 Å². The fraction of sp³-hybridized carbons (Fsp3) is 0.286. The van der Waals surface area contributed by atoms with Crippen LogP contribution in [0.25, 0.3) is 0 Å². The van der Waals surface area contributed by atoms with Gasteiger partial charge in [-0.05, 0) is 38.1 Å². The molecule has 0 aliphatic heterocycles. The predicted molar refractivity (Wildman–Crippen MR) is 84.1 cm³/mol. The highest BCUT2D eigenvalue weighted by Gasteiger charge is 2.12. The second-order valence-corrected chi connectivity index (χ2v) is 5.09. The van der Waals surface area contributed by atoms with Crippen LogP contribution >= 0.6 is 11.9 Å². The van der Waals surface area contributed by atoms with Crippen molar-refractivity contribution in [1.29, 1.82) is 0 Å². The number of aromatic nitrogens is 2. The molecule has 2 N–H and O–H groups in total. The number of carbonyl (C=O) groups is 1. The number of hydrogen-bond acceptors (Lipinski definition) is 4. The van der Waals surface area contributed by atoms with Crippen LogP contribution in [0.15, 0.2) is 24.3 Å². The van der Waals surface area contributed by atoms with Gasteiger partial charge in [0.05, 0.1) is 0 Å². The summed E-state index contributed by atoms with van der Waals surface area (Å²) in [5, 5.41) is 6.86. The van der Waals surface area contributed by atoms with E-state index in [0.29, 0.717) is 23.6 Å². The van der Waals surface area contributed by atoms with Crippen LogP contribution in [-0.4, -0.2) is 21.9 Å². The molecule has 1 aromatic carbocycles. The van der Waals surface area contributed by atoms with Crippen molar-refractivity contribution in [2.45, 2.75) is 20.4 Å². The molecule has 1 heterocycles. The van der Waals surface area contributed by atoms with E-state index in [-0.39, 0.29) is 5.91 Å². The zero-order valence-electron chi connectivity index (χ0n) is 12.1. The van der Waals surface area contributed by atoms with Crippen molar-refractivity contribution in [3.05, 3.63) is 41.5 Å². The SMILES string of the molecule is CCn1nc(C(=O)Nc2cc(F)cc(NSC)c2)cc1C. The topological polar surface area (TPSA) is 59.0 Å². The van der Waals surface area contributed by atoms with E-state index in [9.17, 15) is 9.18 Å². The number of nitrogens with zero attached hydrogens (tertiary/aromatic N) is 2. The van der Waals surface area contributed by atoms with E-state index in [1.807, 2.05) is 20.1 Å². The summed E-state index contributed by atoms with van der Waals surface area (Å²) in [6, 6.07) is 6.01. The van der Waals surface area contributed by atoms with Crippen molar-refractivity contribution in [2.75, 3.05) is 16.3 Å². The Labute approximate surface area is 127 Å². The van der Waals surface area contributed by atoms with Crippen LogP contribution in [0, 0.1) is 12.7 Å². The quantitative estimate of drug-likeness (QED) is 0.832. The lowest BCUT2D eigenvalue weighted by atomic mass is 10.2. The van der Waals surface area contributed by atoms with Crippen LogP contribution in [0.3, 0.4) is 0 Å². The normalized spacial score (nSPS) is 10.5. The van der Waals surface area contributed by atoms with Crippen molar-refractivity contribution < 1.29 is 9.18 Å². The van der Waals surface area contributed by atoms with Crippen LogP contribution < -0.4 is 10.0 Å². The third-order valence-corrected chi connectivity index (χ3v) is 3.33. The summed E-state index contributed by atoms with van der Waals surface area (Å²) in [7, 11) is 0. The van der Waals surface area contributed by atoms with E-state index in [1.54, 1.807) is 16.8 Å². The number of nitrogens with one attached hydrogen (secondary N) is 2. The van der Waals surface area contributed by atoms with E-state index in [0.717, 1.165) is 5.69 Å². The van der Waals surface area contributed by atoms with E-state index >= 15 is 0 Å². The van der Waals surface area contributed by atoms with Crippen LogP contribution in [0.5, 0.6) is 0 Å². The maximum atomic E-state index is 13.5. The van der Waals surface area contributed by atoms with Gasteiger partial charge in [-0.2, -0.15) is 5.10 Å². The van der Waals surface area contributed by atoms with Gasteiger partial charge in [-0.25, -0.2) is 4.39 Å². The molecule has 0 atom stereocenters. The number of amides is 1. The fourth-order valence-electron chi connectivity index (χ4n) is 1.97. The first-order valence-electron chi connectivity index (χ1n) is 6.49. The first-order valence-corrected chi connectivity index (χ1v) is 7.71. The third-order valence-electron chi connectivity index (χ3n) is 2.89. The number of carbonyl (C=O) groups excluding carboxylic acids is 1. The average molecular weight is 308 g/mol. The molecule has 0 aliphatic carbocycles. The van der Waals surface area contributed by atoms with Gasteiger partial charge >= 0.3 is 0 Å². The molecule has 5 nitrogen and oxygen atoms in total. The largest absolute Gasteiger partial charge is 0.330 e. The second kappa shape index (κ2) is 6.62. The van der Waals surface area contributed by atoms with Crippen molar-refractivity contribution in [3.63, 3.8) is 0 Å². The van der Waals surface area contributed by atoms with Crippen molar-refractivity contribution in [3.8, 4) is 0 Å². The number of anilines is 2. The molecule has 1 aromatic heterocycles. The summed E-state index contributed by atoms with van der Waals surface area (Å²) in [6.45, 7) is 4.53. The van der Waals surface area contributed by atoms with Gasteiger partial charge < -0.3 is 10.0 Å². The Bertz CT molecular complexity index is 656. The van der Waals surface area contributed by atoms with Crippen molar-refractivity contribution in [2.24, 2.45) is 0 Å². The van der Waals surface area contributed by atoms with Gasteiger partial charge in [0.25, 0.3) is 5.91 Å². The van der Waals surface area contributed by atoms with Crippen molar-refractivity contribution >= 4 is 29.2 Å². The molecule has 0 saturated heterocycles. The number of benzene rings is 1. The molecule has 0 spiro atoms. The van der Waals surface area contributed by atoms with E-state index in [4.69, 9.17) is 0 Å². The Hall–Kier alpha value is -2.02. The molecule has 2 rings (SSSR count). The maximum absolute atomic E-state index is 13.5. The van der Waals surface area contributed by atoms with E-state index in [2.05, 4.69) is 15.1 Å². The van der Waals surface area contributed by atoms with Crippen molar-refractivity contribution in [1.82, 2.24) is 9.78 Å². The lowest BCUT2D eigenvalue weighted by molar-refractivity contribution is 0.102. The molecule has 0 aliphatic rings. The Morgan fingerprint density at radius 1 is 1.33 bits per heavy atom. The van der Waals surface area contributed by atoms with Gasteiger partial charge in [0, 0.05) is 29.9 Å². The number of hydrogen-bond donors (Lipinski definition) is 2. The molecule has 2 aromatic rings. The first kappa shape index (κ1) is 15.4. The lowest BCUT2D eigenvalue weighted by Gasteiger charge is -2.07. The standard InChI is InChI=1S/C14H17FN4OS/c1-4-19-9(2)5-13(17-19)14(20)16-11-6-10(15)7-12(8-11)18-21-3/h5-8,18H,4H2,1-3H3,(H,16,20). The summed E-state index contributed by atoms with van der Waals surface area (Å²) >= 11 is 1.35. The molecule has 1 amide bonds. The summed E-state index contributed by atoms with van der Waals surface area (Å²) < 4.78 is 18.2. The van der Waals surface area contributed by atoms with Gasteiger partial charge in [0.2, 0.25) is 0 Å². The smallest absolute Gasteiger partial charge is 0.276 e. The number of halogens is 1. The molecule has 112 valence electrons. The molecule has 0 bridgehead atoms. The summed E-state index contributed by atoms with van der Waals surface area (Å²) in [6.07, 6.45) is 1.84. The van der Waals surface area contributed by atoms with Gasteiger partial charge in [0.15, 0.2) is 5.69 Å². The minimum absolute atomic E-state index is 0.318. The zero-order valence-corrected chi connectivity index (χ0v) is 12.9. The molecule has 21 heavy (non-hydrogen) atoms. The highest BCUT2D eigenvalue weighted by Crippen LogP contribution is 2.20. The van der Waals surface area contributed by atoms with E-state index in [1.165, 1.54) is 24.1 Å². The number of aryl methyl sites for hydroxylation is 2. The van der Waals surface area contributed by atoms with Crippen LogP contribution in [-0.2, 0) is 6.54 Å². The molecule has 0 saturated carbocycles. The van der Waals surface area contributed by atoms with Gasteiger partial charge in [0.1, 0.15) is 5.82 Å². The Morgan fingerprint density at radius 3 is 2.67 bits per heavy atom. The van der Waals surface area contributed by atoms with Crippen LogP contribution in [0.4, 0.5) is 15.8 Å². The third kappa shape index (κ3) is 3.75. The highest BCUT2D eigenvalue weighted by molar-refractivity contribution is 7.99. The first-order chi connectivity index (χ1) is 10.0. The van der Waals surface area contributed by atoms with Crippen LogP contribution in [0.2, 0.25) is 0 Å². The maximum Gasteiger partial charge on any atom is 0.276 e. The Kier molecular flexibility index (Phi) is 4.85. The minimum atomic E-state index is -0.417. The summed E-state index contributed by atoms with van der Waals surface area (Å²) in [5.74, 6) is -0.773. The molecule has 0 unspecified atom stereocenters. The zero-order chi connectivity index (χ0) is 15.4. The minimum Gasteiger partial charge on any atom is -0.330 e. The number of rotatable bonds is 5.